The molecular formula is C19H25N7O2. The Morgan fingerprint density at radius 2 is 2.11 bits per heavy atom. The number of anilines is 1. The van der Waals surface area contributed by atoms with E-state index in [1.54, 1.807) is 17.7 Å². The van der Waals surface area contributed by atoms with Crippen LogP contribution in [0.25, 0.3) is 11.2 Å². The van der Waals surface area contributed by atoms with Crippen molar-refractivity contribution >= 4 is 17.0 Å². The van der Waals surface area contributed by atoms with Gasteiger partial charge in [-0.05, 0) is 12.5 Å². The van der Waals surface area contributed by atoms with Gasteiger partial charge in [0.1, 0.15) is 5.82 Å². The van der Waals surface area contributed by atoms with Crippen LogP contribution < -0.4 is 9.63 Å². The molecule has 0 aliphatic carbocycles. The first-order valence-electron chi connectivity index (χ1n) is 9.46. The average Bonchev–Trinajstić information content (AvgIpc) is 3.24. The lowest BCUT2D eigenvalue weighted by molar-refractivity contribution is -0.612. The van der Waals surface area contributed by atoms with Crippen LogP contribution >= 0.6 is 0 Å². The largest absolute Gasteiger partial charge is 0.619 e. The standard InChI is InChI=1S/C19H25N7O2/c1-12-13(6-5-8-26(12)28)10-25-17-15(22-23-25)16(24-9-7-14(27)11-24)20-18(21-17)19(2,3)4/h5-6,8,14,27H,7,9-11H2,1-4H3. The van der Waals surface area contributed by atoms with E-state index in [2.05, 4.69) is 31.1 Å². The second kappa shape index (κ2) is 6.66. The first-order valence-corrected chi connectivity index (χ1v) is 9.46. The van der Waals surface area contributed by atoms with E-state index in [4.69, 9.17) is 9.97 Å². The van der Waals surface area contributed by atoms with Gasteiger partial charge in [-0.2, -0.15) is 4.73 Å². The van der Waals surface area contributed by atoms with Gasteiger partial charge in [-0.1, -0.05) is 26.0 Å². The van der Waals surface area contributed by atoms with Gasteiger partial charge in [0.05, 0.1) is 12.6 Å². The Hall–Kier alpha value is -2.81. The van der Waals surface area contributed by atoms with Gasteiger partial charge in [-0.25, -0.2) is 14.6 Å². The van der Waals surface area contributed by atoms with Crippen LogP contribution in [-0.4, -0.2) is 49.3 Å². The highest BCUT2D eigenvalue weighted by atomic mass is 16.5. The highest BCUT2D eigenvalue weighted by molar-refractivity contribution is 5.83. The first-order chi connectivity index (χ1) is 13.2. The highest BCUT2D eigenvalue weighted by Crippen LogP contribution is 2.29. The molecule has 0 amide bonds. The van der Waals surface area contributed by atoms with Crippen LogP contribution in [0, 0.1) is 12.1 Å². The van der Waals surface area contributed by atoms with Crippen molar-refractivity contribution in [3.63, 3.8) is 0 Å². The summed E-state index contributed by atoms with van der Waals surface area (Å²) in [5.74, 6) is 1.41. The molecule has 1 N–H and O–H groups in total. The minimum atomic E-state index is -0.363. The number of nitrogens with zero attached hydrogens (tertiary/aromatic N) is 7. The van der Waals surface area contributed by atoms with Gasteiger partial charge in [0.25, 0.3) is 0 Å². The third-order valence-corrected chi connectivity index (χ3v) is 5.11. The van der Waals surface area contributed by atoms with E-state index in [1.807, 2.05) is 11.0 Å². The van der Waals surface area contributed by atoms with Crippen molar-refractivity contribution in [1.29, 1.82) is 0 Å². The average molecular weight is 383 g/mol. The molecule has 1 fully saturated rings. The van der Waals surface area contributed by atoms with E-state index >= 15 is 0 Å². The Kier molecular flexibility index (Phi) is 4.41. The summed E-state index contributed by atoms with van der Waals surface area (Å²) in [6.07, 6.45) is 1.82. The van der Waals surface area contributed by atoms with Gasteiger partial charge in [0.2, 0.25) is 0 Å². The molecule has 1 aliphatic rings. The molecule has 9 nitrogen and oxygen atoms in total. The van der Waals surface area contributed by atoms with Crippen LogP contribution in [-0.2, 0) is 12.0 Å². The molecule has 4 rings (SSSR count). The number of pyridine rings is 1. The molecule has 1 saturated heterocycles. The molecule has 1 aliphatic heterocycles. The minimum Gasteiger partial charge on any atom is -0.619 e. The summed E-state index contributed by atoms with van der Waals surface area (Å²) in [5.41, 5.74) is 2.48. The van der Waals surface area contributed by atoms with Crippen molar-refractivity contribution < 1.29 is 9.84 Å². The lowest BCUT2D eigenvalue weighted by atomic mass is 9.96. The predicted molar refractivity (Wildman–Crippen MR) is 104 cm³/mol. The summed E-state index contributed by atoms with van der Waals surface area (Å²) in [7, 11) is 0. The smallest absolute Gasteiger partial charge is 0.194 e. The van der Waals surface area contributed by atoms with Crippen molar-refractivity contribution in [2.45, 2.75) is 52.2 Å². The fourth-order valence-corrected chi connectivity index (χ4v) is 3.38. The molecule has 3 aromatic rings. The molecular weight excluding hydrogens is 358 g/mol. The number of β-amino-alcohol motifs (C(OH)–C–C–N with tert-alkyl or cyclic N) is 1. The number of aliphatic hydroxyl groups excluding tert-OH is 1. The van der Waals surface area contributed by atoms with Gasteiger partial charge in [0.15, 0.2) is 28.9 Å². The van der Waals surface area contributed by atoms with E-state index in [0.29, 0.717) is 48.0 Å². The first kappa shape index (κ1) is 18.5. The molecule has 28 heavy (non-hydrogen) atoms. The summed E-state index contributed by atoms with van der Waals surface area (Å²) in [5, 5.41) is 30.5. The van der Waals surface area contributed by atoms with Gasteiger partial charge < -0.3 is 15.2 Å². The number of aromatic nitrogens is 6. The molecule has 0 bridgehead atoms. The van der Waals surface area contributed by atoms with Crippen molar-refractivity contribution in [3.05, 3.63) is 40.6 Å². The zero-order chi connectivity index (χ0) is 20.1. The van der Waals surface area contributed by atoms with Gasteiger partial charge in [0, 0.05) is 37.1 Å². The van der Waals surface area contributed by atoms with Crippen LogP contribution in [0.2, 0.25) is 0 Å². The fraction of sp³-hybridized carbons (Fsp3) is 0.526. The number of aliphatic hydroxyl groups is 1. The maximum atomic E-state index is 11.9. The van der Waals surface area contributed by atoms with Crippen molar-refractivity contribution in [2.75, 3.05) is 18.0 Å². The lowest BCUT2D eigenvalue weighted by Gasteiger charge is -2.22. The molecule has 0 spiro atoms. The van der Waals surface area contributed by atoms with E-state index in [0.717, 1.165) is 16.8 Å². The quantitative estimate of drug-likeness (QED) is 0.533. The van der Waals surface area contributed by atoms with Crippen molar-refractivity contribution in [1.82, 2.24) is 25.0 Å². The summed E-state index contributed by atoms with van der Waals surface area (Å²) in [6, 6.07) is 3.63. The molecule has 3 aromatic heterocycles. The second-order valence-electron chi connectivity index (χ2n) is 8.37. The fourth-order valence-electron chi connectivity index (χ4n) is 3.38. The summed E-state index contributed by atoms with van der Waals surface area (Å²) in [4.78, 5) is 11.6. The molecule has 148 valence electrons. The highest BCUT2D eigenvalue weighted by Gasteiger charge is 2.29. The molecule has 9 heteroatoms. The normalized spacial score (nSPS) is 17.6. The SMILES string of the molecule is Cc1c(Cn2nnc3c(N4CCC(O)C4)nc(C(C)(C)C)nc32)ccc[n+]1[O-]. The van der Waals surface area contributed by atoms with E-state index in [9.17, 15) is 10.3 Å². The molecule has 1 atom stereocenters. The van der Waals surface area contributed by atoms with E-state index in [1.165, 1.54) is 6.20 Å². The number of fused-ring (bicyclic) bond motifs is 1. The Labute approximate surface area is 163 Å². The zero-order valence-corrected chi connectivity index (χ0v) is 16.6. The number of rotatable bonds is 3. The molecule has 4 heterocycles. The number of hydrogen-bond donors (Lipinski definition) is 1. The second-order valence-corrected chi connectivity index (χ2v) is 8.37. The maximum absolute atomic E-state index is 11.9. The van der Waals surface area contributed by atoms with Gasteiger partial charge >= 0.3 is 0 Å². The van der Waals surface area contributed by atoms with Crippen LogP contribution in [0.5, 0.6) is 0 Å². The third-order valence-electron chi connectivity index (χ3n) is 5.11. The predicted octanol–water partition coefficient (Wildman–Crippen LogP) is 1.08. The maximum Gasteiger partial charge on any atom is 0.194 e. The monoisotopic (exact) mass is 383 g/mol. The summed E-state index contributed by atoms with van der Waals surface area (Å²) >= 11 is 0. The van der Waals surface area contributed by atoms with Crippen molar-refractivity contribution in [2.24, 2.45) is 0 Å². The lowest BCUT2D eigenvalue weighted by Crippen LogP contribution is -2.31. The van der Waals surface area contributed by atoms with Crippen molar-refractivity contribution in [3.8, 4) is 0 Å². The van der Waals surface area contributed by atoms with Crippen LogP contribution in [0.4, 0.5) is 5.82 Å². The summed E-state index contributed by atoms with van der Waals surface area (Å²) < 4.78 is 2.56. The number of hydrogen-bond acceptors (Lipinski definition) is 7. The Balaban J connectivity index is 1.84. The molecule has 0 radical (unpaired) electrons. The summed E-state index contributed by atoms with van der Waals surface area (Å²) in [6.45, 7) is 9.61. The molecule has 0 saturated carbocycles. The van der Waals surface area contributed by atoms with Crippen LogP contribution in [0.15, 0.2) is 18.3 Å². The van der Waals surface area contributed by atoms with Crippen LogP contribution in [0.3, 0.4) is 0 Å². The zero-order valence-electron chi connectivity index (χ0n) is 16.6. The van der Waals surface area contributed by atoms with Gasteiger partial charge in [-0.3, -0.25) is 0 Å². The topological polar surface area (TPSA) is 107 Å². The Morgan fingerprint density at radius 1 is 1.32 bits per heavy atom. The minimum absolute atomic E-state index is 0.253. The Morgan fingerprint density at radius 3 is 2.79 bits per heavy atom. The van der Waals surface area contributed by atoms with E-state index < -0.39 is 0 Å². The van der Waals surface area contributed by atoms with Gasteiger partial charge in [-0.15, -0.1) is 5.10 Å². The van der Waals surface area contributed by atoms with Crippen LogP contribution in [0.1, 0.15) is 44.3 Å². The van der Waals surface area contributed by atoms with E-state index in [-0.39, 0.29) is 11.5 Å². The Bertz CT molecular complexity index is 1030. The third kappa shape index (κ3) is 3.26. The molecule has 1 unspecified atom stereocenters. The molecule has 0 aromatic carbocycles.